The molecule has 2 saturated heterocycles. The van der Waals surface area contributed by atoms with Crippen LogP contribution < -0.4 is 10.6 Å². The van der Waals surface area contributed by atoms with Crippen LogP contribution >= 0.6 is 11.3 Å². The number of nitrogens with zero attached hydrogens (tertiary/aromatic N) is 4. The molecule has 5 heterocycles. The average Bonchev–Trinajstić information content (AvgIpc) is 4.03. The van der Waals surface area contributed by atoms with E-state index < -0.39 is 24.3 Å². The molecule has 0 unspecified atom stereocenters. The van der Waals surface area contributed by atoms with Gasteiger partial charge in [-0.1, -0.05) is 59.4 Å². The third-order valence-corrected chi connectivity index (χ3v) is 11.6. The number of fused-ring (bicyclic) bond motifs is 1. The zero-order chi connectivity index (χ0) is 41.0. The maximum absolute atomic E-state index is 13.6. The van der Waals surface area contributed by atoms with E-state index in [1.165, 1.54) is 14.2 Å². The minimum atomic E-state index is -0.709. The van der Waals surface area contributed by atoms with Gasteiger partial charge in [0, 0.05) is 47.3 Å². The number of H-pyrrole nitrogens is 1. The molecule has 0 aliphatic carbocycles. The van der Waals surface area contributed by atoms with Crippen molar-refractivity contribution < 1.29 is 28.7 Å². The van der Waals surface area contributed by atoms with Gasteiger partial charge >= 0.3 is 12.2 Å². The second-order valence-electron chi connectivity index (χ2n) is 15.9. The Hall–Kier alpha value is -5.60. The van der Waals surface area contributed by atoms with E-state index in [0.717, 1.165) is 44.7 Å². The summed E-state index contributed by atoms with van der Waals surface area (Å²) >= 11 is 1.59. The number of nitrogens with one attached hydrogen (secondary N) is 3. The lowest BCUT2D eigenvalue weighted by atomic mass is 9.99. The van der Waals surface area contributed by atoms with E-state index in [4.69, 9.17) is 14.5 Å². The molecule has 3 aliphatic rings. The first-order valence-corrected chi connectivity index (χ1v) is 20.2. The summed E-state index contributed by atoms with van der Waals surface area (Å²) < 4.78 is 10.6. The molecule has 4 amide bonds. The minimum absolute atomic E-state index is 0.104. The van der Waals surface area contributed by atoms with Crippen molar-refractivity contribution in [3.63, 3.8) is 0 Å². The number of thiophene rings is 1. The lowest BCUT2D eigenvalue weighted by Crippen LogP contribution is -2.53. The quantitative estimate of drug-likeness (QED) is 0.236. The third kappa shape index (κ3) is 9.51. The van der Waals surface area contributed by atoms with E-state index in [-0.39, 0.29) is 41.7 Å². The van der Waals surface area contributed by atoms with Gasteiger partial charge in [0.15, 0.2) is 0 Å². The Bertz CT molecular complexity index is 2210. The van der Waals surface area contributed by atoms with Crippen molar-refractivity contribution in [1.29, 1.82) is 0 Å². The number of rotatable bonds is 8. The van der Waals surface area contributed by atoms with Crippen LogP contribution in [0.25, 0.3) is 10.1 Å². The standard InChI is InChI=1S/C43H51N7O6S/c1-24(2)37(47-42(53)55-7)40(51)49-22-26(5)15-34(49)33-17-29(20-44-33)10-9-28-11-12-30-19-32(57-36(30)18-28)14-13-31-21-45-39(46-31)35-16-27(6)23-50(35)41(52)38(25(3)4)48-43(54)56-8/h11-12,18-21,24-27,34-35,37-38H,15-17,22-23H2,1-8H3,(H,45,46)(H,47,53)(H,48,54)/t26-,27-,34-,35-,37-,38-/m0/s1. The van der Waals surface area contributed by atoms with Crippen molar-refractivity contribution in [2.24, 2.45) is 28.7 Å². The van der Waals surface area contributed by atoms with Crippen molar-refractivity contribution >= 4 is 51.1 Å². The number of imidazole rings is 1. The van der Waals surface area contributed by atoms with Crippen LogP contribution in [0.2, 0.25) is 0 Å². The Kier molecular flexibility index (Phi) is 12.7. The highest BCUT2D eigenvalue weighted by atomic mass is 32.1. The molecule has 3 N–H and O–H groups in total. The van der Waals surface area contributed by atoms with E-state index in [9.17, 15) is 19.2 Å². The van der Waals surface area contributed by atoms with Gasteiger partial charge in [0.05, 0.1) is 37.4 Å². The first-order chi connectivity index (χ1) is 27.2. The third-order valence-electron chi connectivity index (χ3n) is 10.6. The molecule has 0 radical (unpaired) electrons. The van der Waals surface area contributed by atoms with Gasteiger partial charge in [-0.15, -0.1) is 11.3 Å². The molecule has 3 aliphatic heterocycles. The zero-order valence-corrected chi connectivity index (χ0v) is 34.6. The Morgan fingerprint density at radius 3 is 2.07 bits per heavy atom. The van der Waals surface area contributed by atoms with Crippen LogP contribution in [0.4, 0.5) is 9.59 Å². The number of aromatic amines is 1. The Balaban J connectivity index is 1.09. The highest BCUT2D eigenvalue weighted by molar-refractivity contribution is 7.19. The predicted octanol–water partition coefficient (Wildman–Crippen LogP) is 6.01. The van der Waals surface area contributed by atoms with Gasteiger partial charge in [-0.3, -0.25) is 14.6 Å². The number of aliphatic imine (C=N–C) groups is 1. The minimum Gasteiger partial charge on any atom is -0.453 e. The molecular formula is C43H51N7O6S. The second-order valence-corrected chi connectivity index (χ2v) is 17.0. The van der Waals surface area contributed by atoms with Crippen LogP contribution in [-0.2, 0) is 19.1 Å². The molecule has 300 valence electrons. The molecule has 13 nitrogen and oxygen atoms in total. The SMILES string of the molecule is COC(=O)N[C@H](C(=O)N1C[C@@H](C)C[C@H]1C1=NC=C(C#Cc2ccc3cc(C#Cc4cnc([C@@H]5C[C@H](C)CN5C(=O)[C@@H](NC(=O)OC)C(C)C)[nH]4)sc3c2)C1)C(C)C. The normalized spacial score (nSPS) is 21.3. The molecule has 3 aromatic rings. The molecule has 14 heteroatoms. The summed E-state index contributed by atoms with van der Waals surface area (Å²) in [5.41, 5.74) is 3.33. The second kappa shape index (κ2) is 17.7. The number of hydrogen-bond donors (Lipinski definition) is 3. The van der Waals surface area contributed by atoms with E-state index in [1.807, 2.05) is 44.7 Å². The van der Waals surface area contributed by atoms with Crippen LogP contribution in [-0.4, -0.2) is 94.9 Å². The number of aromatic nitrogens is 2. The summed E-state index contributed by atoms with van der Waals surface area (Å²) in [7, 11) is 2.58. The first-order valence-electron chi connectivity index (χ1n) is 19.4. The summed E-state index contributed by atoms with van der Waals surface area (Å²) in [5.74, 6) is 13.8. The molecule has 57 heavy (non-hydrogen) atoms. The van der Waals surface area contributed by atoms with Crippen molar-refractivity contribution in [2.75, 3.05) is 27.3 Å². The van der Waals surface area contributed by atoms with Crippen molar-refractivity contribution in [1.82, 2.24) is 30.4 Å². The van der Waals surface area contributed by atoms with Gasteiger partial charge in [0.2, 0.25) is 11.8 Å². The summed E-state index contributed by atoms with van der Waals surface area (Å²) in [4.78, 5) is 68.4. The number of ether oxygens (including phenoxy) is 2. The van der Waals surface area contributed by atoms with E-state index in [2.05, 4.69) is 70.3 Å². The molecule has 2 aromatic heterocycles. The lowest BCUT2D eigenvalue weighted by molar-refractivity contribution is -0.136. The monoisotopic (exact) mass is 793 g/mol. The summed E-state index contributed by atoms with van der Waals surface area (Å²) in [6.45, 7) is 13.0. The van der Waals surface area contributed by atoms with Crippen LogP contribution in [0.15, 0.2) is 47.2 Å². The topological polar surface area (TPSA) is 158 Å². The Labute approximate surface area is 338 Å². The van der Waals surface area contributed by atoms with Crippen LogP contribution in [0.3, 0.4) is 0 Å². The molecule has 1 aromatic carbocycles. The maximum Gasteiger partial charge on any atom is 0.407 e. The zero-order valence-electron chi connectivity index (χ0n) is 33.8. The van der Waals surface area contributed by atoms with Crippen molar-refractivity contribution in [2.45, 2.75) is 85.0 Å². The maximum atomic E-state index is 13.6. The van der Waals surface area contributed by atoms with Crippen LogP contribution in [0, 0.1) is 47.4 Å². The van der Waals surface area contributed by atoms with Gasteiger partial charge in [0.1, 0.15) is 23.6 Å². The van der Waals surface area contributed by atoms with Gasteiger partial charge in [-0.05, 0) is 71.9 Å². The number of benzene rings is 1. The first kappa shape index (κ1) is 41.0. The lowest BCUT2D eigenvalue weighted by Gasteiger charge is -2.31. The number of alkyl carbamates (subject to hydrolysis) is 2. The number of amides is 4. The number of methoxy groups -OCH3 is 2. The highest BCUT2D eigenvalue weighted by Gasteiger charge is 2.42. The largest absolute Gasteiger partial charge is 0.453 e. The fraction of sp³-hybridized carbons (Fsp3) is 0.488. The van der Waals surface area contributed by atoms with E-state index >= 15 is 0 Å². The fourth-order valence-corrected chi connectivity index (χ4v) is 8.61. The van der Waals surface area contributed by atoms with Crippen molar-refractivity contribution in [3.8, 4) is 23.7 Å². The van der Waals surface area contributed by atoms with Gasteiger partial charge in [-0.25, -0.2) is 14.6 Å². The molecular weight excluding hydrogens is 743 g/mol. The molecule has 6 rings (SSSR count). The van der Waals surface area contributed by atoms with Gasteiger partial charge in [0.25, 0.3) is 0 Å². The Morgan fingerprint density at radius 2 is 1.46 bits per heavy atom. The molecule has 0 bridgehead atoms. The molecule has 0 spiro atoms. The highest BCUT2D eigenvalue weighted by Crippen LogP contribution is 2.35. The van der Waals surface area contributed by atoms with Gasteiger partial charge in [-0.2, -0.15) is 0 Å². The number of carbonyl (C=O) groups excluding carboxylic acids is 4. The van der Waals surface area contributed by atoms with Crippen LogP contribution in [0.1, 0.15) is 88.8 Å². The number of hydrogen-bond acceptors (Lipinski definition) is 9. The number of likely N-dealkylation sites (tertiary alicyclic amines) is 2. The smallest absolute Gasteiger partial charge is 0.407 e. The van der Waals surface area contributed by atoms with Crippen LogP contribution in [0.5, 0.6) is 0 Å². The molecule has 0 saturated carbocycles. The van der Waals surface area contributed by atoms with Crippen molar-refractivity contribution in [3.05, 3.63) is 64.2 Å². The summed E-state index contributed by atoms with van der Waals surface area (Å²) in [5, 5.41) is 6.47. The average molecular weight is 794 g/mol. The predicted molar refractivity (Wildman–Crippen MR) is 219 cm³/mol. The van der Waals surface area contributed by atoms with E-state index in [0.29, 0.717) is 36.9 Å². The number of allylic oxidation sites excluding steroid dienone is 1. The van der Waals surface area contributed by atoms with E-state index in [1.54, 1.807) is 28.6 Å². The molecule has 2 fully saturated rings. The number of carbonyl (C=O) groups is 4. The van der Waals surface area contributed by atoms with Gasteiger partial charge < -0.3 is 34.9 Å². The molecule has 6 atom stereocenters. The Morgan fingerprint density at radius 1 is 0.842 bits per heavy atom. The fourth-order valence-electron chi connectivity index (χ4n) is 7.66. The summed E-state index contributed by atoms with van der Waals surface area (Å²) in [6.07, 6.45) is 4.36. The summed E-state index contributed by atoms with van der Waals surface area (Å²) in [6, 6.07) is 6.37.